The normalized spacial score (nSPS) is 19.0. The Morgan fingerprint density at radius 3 is 2.79 bits per heavy atom. The summed E-state index contributed by atoms with van der Waals surface area (Å²) in [5.41, 5.74) is 10.3. The highest BCUT2D eigenvalue weighted by Gasteiger charge is 2.23. The lowest BCUT2D eigenvalue weighted by atomic mass is 10.2. The van der Waals surface area contributed by atoms with Crippen molar-refractivity contribution in [3.63, 3.8) is 0 Å². The zero-order valence-corrected chi connectivity index (χ0v) is 15.9. The van der Waals surface area contributed by atoms with Crippen LogP contribution in [0.15, 0.2) is 53.6 Å². The standard InChI is InChI=1S/C20H25N5O3/c1-14-19(22-20(26)25-23-14)24-21-13-16-8-9-17(18(12-16)27-2)28-11-10-15-6-4-3-5-7-15/h3-9,12-14,19,23-24H,10-11H2,1-2H3,(H2,22,25,26)/b21-13+. The number of hydrogen-bond acceptors (Lipinski definition) is 6. The molecule has 2 atom stereocenters. The van der Waals surface area contributed by atoms with Gasteiger partial charge in [0.15, 0.2) is 11.5 Å². The van der Waals surface area contributed by atoms with Gasteiger partial charge in [-0.3, -0.25) is 10.9 Å². The Morgan fingerprint density at radius 2 is 2.00 bits per heavy atom. The molecule has 0 saturated carbocycles. The van der Waals surface area contributed by atoms with Crippen LogP contribution < -0.4 is 31.1 Å². The molecule has 28 heavy (non-hydrogen) atoms. The Kier molecular flexibility index (Phi) is 6.69. The number of amides is 2. The van der Waals surface area contributed by atoms with Crippen molar-refractivity contribution in [2.24, 2.45) is 5.10 Å². The first-order valence-corrected chi connectivity index (χ1v) is 9.11. The van der Waals surface area contributed by atoms with Gasteiger partial charge in [-0.2, -0.15) is 5.10 Å². The Bertz CT molecular complexity index is 813. The highest BCUT2D eigenvalue weighted by molar-refractivity contribution is 5.80. The van der Waals surface area contributed by atoms with Crippen LogP contribution in [0, 0.1) is 0 Å². The van der Waals surface area contributed by atoms with Crippen LogP contribution in [0.25, 0.3) is 0 Å². The minimum absolute atomic E-state index is 0.0234. The Hall–Kier alpha value is -3.26. The fourth-order valence-electron chi connectivity index (χ4n) is 2.71. The summed E-state index contributed by atoms with van der Waals surface area (Å²) < 4.78 is 11.3. The van der Waals surface area contributed by atoms with Crippen molar-refractivity contribution in [1.82, 2.24) is 21.6 Å². The minimum atomic E-state index is -0.313. The van der Waals surface area contributed by atoms with Gasteiger partial charge >= 0.3 is 6.03 Å². The van der Waals surface area contributed by atoms with Crippen LogP contribution in [0.3, 0.4) is 0 Å². The molecular weight excluding hydrogens is 358 g/mol. The van der Waals surface area contributed by atoms with Gasteiger partial charge in [-0.05, 0) is 36.2 Å². The van der Waals surface area contributed by atoms with Crippen molar-refractivity contribution in [1.29, 1.82) is 0 Å². The monoisotopic (exact) mass is 383 g/mol. The van der Waals surface area contributed by atoms with Gasteiger partial charge in [0, 0.05) is 6.42 Å². The molecule has 1 saturated heterocycles. The summed E-state index contributed by atoms with van der Waals surface area (Å²) in [5.74, 6) is 1.33. The molecule has 0 aliphatic carbocycles. The van der Waals surface area contributed by atoms with E-state index in [1.54, 1.807) is 13.3 Å². The third kappa shape index (κ3) is 5.37. The molecule has 8 heteroatoms. The largest absolute Gasteiger partial charge is 0.493 e. The van der Waals surface area contributed by atoms with Gasteiger partial charge in [0.1, 0.15) is 6.17 Å². The topological polar surface area (TPSA) is 96.0 Å². The van der Waals surface area contributed by atoms with E-state index in [1.807, 2.05) is 43.3 Å². The van der Waals surface area contributed by atoms with E-state index >= 15 is 0 Å². The second-order valence-electron chi connectivity index (χ2n) is 6.39. The lowest BCUT2D eigenvalue weighted by Gasteiger charge is -2.30. The molecule has 1 aliphatic rings. The molecular formula is C20H25N5O3. The molecule has 2 amide bonds. The van der Waals surface area contributed by atoms with E-state index in [2.05, 4.69) is 38.8 Å². The quantitative estimate of drug-likeness (QED) is 0.412. The molecule has 0 bridgehead atoms. The van der Waals surface area contributed by atoms with E-state index < -0.39 is 0 Å². The van der Waals surface area contributed by atoms with Crippen LogP contribution in [-0.4, -0.2) is 38.2 Å². The van der Waals surface area contributed by atoms with E-state index in [0.29, 0.717) is 18.1 Å². The maximum Gasteiger partial charge on any atom is 0.330 e. The van der Waals surface area contributed by atoms with Crippen molar-refractivity contribution in [3.8, 4) is 11.5 Å². The average Bonchev–Trinajstić information content (AvgIpc) is 2.72. The molecule has 0 aromatic heterocycles. The molecule has 2 aromatic carbocycles. The van der Waals surface area contributed by atoms with E-state index in [1.165, 1.54) is 5.56 Å². The number of rotatable bonds is 8. The summed E-state index contributed by atoms with van der Waals surface area (Å²) in [6, 6.07) is 15.5. The number of hydrogen-bond donors (Lipinski definition) is 4. The van der Waals surface area contributed by atoms with Crippen molar-refractivity contribution >= 4 is 12.2 Å². The maximum absolute atomic E-state index is 11.3. The van der Waals surface area contributed by atoms with Gasteiger partial charge in [-0.1, -0.05) is 30.3 Å². The van der Waals surface area contributed by atoms with Gasteiger partial charge in [0.25, 0.3) is 0 Å². The van der Waals surface area contributed by atoms with Gasteiger partial charge in [-0.25, -0.2) is 10.2 Å². The van der Waals surface area contributed by atoms with E-state index in [9.17, 15) is 4.79 Å². The van der Waals surface area contributed by atoms with E-state index in [0.717, 1.165) is 12.0 Å². The number of carbonyl (C=O) groups is 1. The van der Waals surface area contributed by atoms with E-state index in [-0.39, 0.29) is 18.2 Å². The summed E-state index contributed by atoms with van der Waals surface area (Å²) in [6.07, 6.45) is 2.18. The number of carbonyl (C=O) groups excluding carboxylic acids is 1. The van der Waals surface area contributed by atoms with Crippen LogP contribution in [0.4, 0.5) is 4.79 Å². The molecule has 2 unspecified atom stereocenters. The lowest BCUT2D eigenvalue weighted by Crippen LogP contribution is -2.67. The number of ether oxygens (including phenoxy) is 2. The van der Waals surface area contributed by atoms with Crippen molar-refractivity contribution in [2.45, 2.75) is 25.6 Å². The number of hydrazone groups is 1. The van der Waals surface area contributed by atoms with Crippen LogP contribution in [0.5, 0.6) is 11.5 Å². The first-order chi connectivity index (χ1) is 13.7. The highest BCUT2D eigenvalue weighted by atomic mass is 16.5. The number of nitrogens with zero attached hydrogens (tertiary/aromatic N) is 1. The first kappa shape index (κ1) is 19.5. The number of benzene rings is 2. The molecule has 3 rings (SSSR count). The summed E-state index contributed by atoms with van der Waals surface area (Å²) in [4.78, 5) is 11.3. The van der Waals surface area contributed by atoms with Crippen LogP contribution in [0.1, 0.15) is 18.1 Å². The van der Waals surface area contributed by atoms with Crippen LogP contribution in [0.2, 0.25) is 0 Å². The molecule has 1 aliphatic heterocycles. The van der Waals surface area contributed by atoms with Crippen LogP contribution >= 0.6 is 0 Å². The molecule has 0 radical (unpaired) electrons. The molecule has 1 heterocycles. The SMILES string of the molecule is COc1cc(/C=N/NC2NC(=O)NNC2C)ccc1OCCc1ccccc1. The van der Waals surface area contributed by atoms with Crippen molar-refractivity contribution in [3.05, 3.63) is 59.7 Å². The van der Waals surface area contributed by atoms with Gasteiger partial charge in [0.2, 0.25) is 0 Å². The molecule has 0 spiro atoms. The summed E-state index contributed by atoms with van der Waals surface area (Å²) in [6.45, 7) is 2.49. The maximum atomic E-state index is 11.3. The molecule has 1 fully saturated rings. The predicted octanol–water partition coefficient (Wildman–Crippen LogP) is 1.77. The van der Waals surface area contributed by atoms with E-state index in [4.69, 9.17) is 9.47 Å². The Morgan fingerprint density at radius 1 is 1.18 bits per heavy atom. The minimum Gasteiger partial charge on any atom is -0.493 e. The molecule has 8 nitrogen and oxygen atoms in total. The zero-order chi connectivity index (χ0) is 19.8. The third-order valence-corrected chi connectivity index (χ3v) is 4.31. The van der Waals surface area contributed by atoms with Crippen molar-refractivity contribution in [2.75, 3.05) is 13.7 Å². The Balaban J connectivity index is 1.55. The average molecular weight is 383 g/mol. The predicted molar refractivity (Wildman–Crippen MR) is 107 cm³/mol. The van der Waals surface area contributed by atoms with Gasteiger partial charge in [-0.15, -0.1) is 0 Å². The van der Waals surface area contributed by atoms with Gasteiger partial charge < -0.3 is 14.8 Å². The number of nitrogens with one attached hydrogen (secondary N) is 4. The van der Waals surface area contributed by atoms with Crippen LogP contribution in [-0.2, 0) is 6.42 Å². The lowest BCUT2D eigenvalue weighted by molar-refractivity contribution is 0.202. The smallest absolute Gasteiger partial charge is 0.330 e. The fraction of sp³-hybridized carbons (Fsp3) is 0.300. The second-order valence-corrected chi connectivity index (χ2v) is 6.39. The summed E-state index contributed by atoms with van der Waals surface area (Å²) in [7, 11) is 1.61. The van der Waals surface area contributed by atoms with Gasteiger partial charge in [0.05, 0.1) is 26.0 Å². The fourth-order valence-corrected chi connectivity index (χ4v) is 2.71. The Labute approximate surface area is 164 Å². The second kappa shape index (κ2) is 9.61. The zero-order valence-electron chi connectivity index (χ0n) is 15.9. The summed E-state index contributed by atoms with van der Waals surface area (Å²) in [5, 5.41) is 6.94. The highest BCUT2D eigenvalue weighted by Crippen LogP contribution is 2.27. The first-order valence-electron chi connectivity index (χ1n) is 9.11. The summed E-state index contributed by atoms with van der Waals surface area (Å²) >= 11 is 0. The number of urea groups is 1. The molecule has 4 N–H and O–H groups in total. The third-order valence-electron chi connectivity index (χ3n) is 4.31. The number of methoxy groups -OCH3 is 1. The number of hydrazine groups is 1. The molecule has 2 aromatic rings. The van der Waals surface area contributed by atoms with Crippen molar-refractivity contribution < 1.29 is 14.3 Å². The molecule has 148 valence electrons.